The molecule has 3 N–H and O–H groups in total. The lowest BCUT2D eigenvalue weighted by molar-refractivity contribution is -0.129. The highest BCUT2D eigenvalue weighted by Crippen LogP contribution is 2.56. The molecule has 3 heterocycles. The quantitative estimate of drug-likeness (QED) is 0.496. The molecule has 0 amide bonds. The van der Waals surface area contributed by atoms with Gasteiger partial charge in [0, 0.05) is 60.4 Å². The Balaban J connectivity index is 1.04. The normalized spacial score (nSPS) is 30.2. The van der Waals surface area contributed by atoms with Crippen LogP contribution in [0.25, 0.3) is 0 Å². The van der Waals surface area contributed by atoms with Crippen LogP contribution >= 0.6 is 0 Å². The van der Waals surface area contributed by atoms with Crippen molar-refractivity contribution in [1.82, 2.24) is 19.9 Å². The molecule has 1 aliphatic heterocycles. The predicted octanol–water partition coefficient (Wildman–Crippen LogP) is 4.23. The van der Waals surface area contributed by atoms with Crippen LogP contribution in [-0.4, -0.2) is 43.2 Å². The van der Waals surface area contributed by atoms with Gasteiger partial charge in [-0.1, -0.05) is 0 Å². The van der Waals surface area contributed by atoms with Crippen molar-refractivity contribution in [1.29, 1.82) is 0 Å². The Bertz CT molecular complexity index is 1260. The van der Waals surface area contributed by atoms with Crippen LogP contribution in [0.4, 0.5) is 23.1 Å². The van der Waals surface area contributed by atoms with Gasteiger partial charge in [-0.2, -0.15) is 4.98 Å². The second kappa shape index (κ2) is 8.40. The topological polar surface area (TPSA) is 99.1 Å². The summed E-state index contributed by atoms with van der Waals surface area (Å²) >= 11 is 0. The highest BCUT2D eigenvalue weighted by Gasteiger charge is 2.54. The van der Waals surface area contributed by atoms with Gasteiger partial charge in [0.2, 0.25) is 5.95 Å². The Morgan fingerprint density at radius 1 is 1.03 bits per heavy atom. The molecule has 5 aliphatic rings. The van der Waals surface area contributed by atoms with Crippen LogP contribution in [0.5, 0.6) is 0 Å². The maximum atomic E-state index is 10.9. The first-order chi connectivity index (χ1) is 17.5. The summed E-state index contributed by atoms with van der Waals surface area (Å²) in [6, 6.07) is 8.85. The van der Waals surface area contributed by atoms with Crippen molar-refractivity contribution < 1.29 is 5.11 Å². The molecule has 186 valence electrons. The molecule has 4 bridgehead atoms. The molecule has 4 fully saturated rings. The van der Waals surface area contributed by atoms with Crippen molar-refractivity contribution in [3.8, 4) is 0 Å². The van der Waals surface area contributed by atoms with Gasteiger partial charge < -0.3 is 20.6 Å². The SMILES string of the molecule is Cc1cnc(Nc2ccc(N3CCc4ncncc4C3)cc2)nc1NC1C2CC3CC1CC(O)(C3)C2. The molecular weight excluding hydrogens is 450 g/mol. The van der Waals surface area contributed by atoms with Gasteiger partial charge in [-0.15, -0.1) is 0 Å². The van der Waals surface area contributed by atoms with E-state index >= 15 is 0 Å². The van der Waals surface area contributed by atoms with Crippen LogP contribution in [0.2, 0.25) is 0 Å². The van der Waals surface area contributed by atoms with E-state index in [0.717, 1.165) is 61.5 Å². The zero-order valence-electron chi connectivity index (χ0n) is 20.7. The summed E-state index contributed by atoms with van der Waals surface area (Å²) in [5.41, 5.74) is 5.15. The highest BCUT2D eigenvalue weighted by molar-refractivity contribution is 5.61. The van der Waals surface area contributed by atoms with E-state index in [-0.39, 0.29) is 0 Å². The standard InChI is InChI=1S/C28H33N7O/c1-17-13-30-27(34-26(17)33-25-19-8-18-9-20(25)12-28(36,10-18)11-19)32-22-2-4-23(5-3-22)35-7-6-24-21(15-35)14-29-16-31-24/h2-5,13-14,16,18-20,25,36H,6-12,15H2,1H3,(H2,30,32,33,34). The number of aromatic nitrogens is 4. The molecule has 8 heteroatoms. The molecule has 0 saturated heterocycles. The van der Waals surface area contributed by atoms with Crippen molar-refractivity contribution in [2.45, 2.75) is 63.6 Å². The zero-order chi connectivity index (χ0) is 24.3. The van der Waals surface area contributed by atoms with Crippen LogP contribution in [0.15, 0.2) is 43.0 Å². The molecule has 2 unspecified atom stereocenters. The van der Waals surface area contributed by atoms with Crippen molar-refractivity contribution in [3.05, 3.63) is 59.8 Å². The lowest BCUT2D eigenvalue weighted by Gasteiger charge is -2.58. The van der Waals surface area contributed by atoms with E-state index in [9.17, 15) is 5.11 Å². The summed E-state index contributed by atoms with van der Waals surface area (Å²) in [5, 5.41) is 18.1. The van der Waals surface area contributed by atoms with Gasteiger partial charge in [-0.05, 0) is 81.0 Å². The maximum absolute atomic E-state index is 10.9. The first kappa shape index (κ1) is 22.0. The van der Waals surface area contributed by atoms with Gasteiger partial charge in [0.15, 0.2) is 0 Å². The van der Waals surface area contributed by atoms with Gasteiger partial charge in [0.25, 0.3) is 0 Å². The molecule has 1 aromatic carbocycles. The molecule has 3 aromatic rings. The van der Waals surface area contributed by atoms with Gasteiger partial charge >= 0.3 is 0 Å². The minimum absolute atomic E-state index is 0.391. The fraction of sp³-hybridized carbons (Fsp3) is 0.500. The van der Waals surface area contributed by atoms with Crippen molar-refractivity contribution in [3.63, 3.8) is 0 Å². The first-order valence-corrected chi connectivity index (χ1v) is 13.2. The monoisotopic (exact) mass is 483 g/mol. The number of nitrogens with one attached hydrogen (secondary N) is 2. The number of anilines is 4. The van der Waals surface area contributed by atoms with Crippen LogP contribution in [0.1, 0.15) is 48.9 Å². The zero-order valence-corrected chi connectivity index (χ0v) is 20.7. The molecule has 8 nitrogen and oxygen atoms in total. The fourth-order valence-corrected chi connectivity index (χ4v) is 7.39. The van der Waals surface area contributed by atoms with E-state index in [1.165, 1.54) is 24.1 Å². The molecule has 4 saturated carbocycles. The van der Waals surface area contributed by atoms with Crippen LogP contribution in [0, 0.1) is 24.7 Å². The summed E-state index contributed by atoms with van der Waals surface area (Å²) < 4.78 is 0. The second-order valence-electron chi connectivity index (χ2n) is 11.4. The second-order valence-corrected chi connectivity index (χ2v) is 11.4. The largest absolute Gasteiger partial charge is 0.390 e. The number of benzene rings is 1. The molecule has 0 radical (unpaired) electrons. The van der Waals surface area contributed by atoms with Crippen molar-refractivity contribution >= 4 is 23.1 Å². The third kappa shape index (κ3) is 3.97. The maximum Gasteiger partial charge on any atom is 0.229 e. The smallest absolute Gasteiger partial charge is 0.229 e. The van der Waals surface area contributed by atoms with Gasteiger partial charge in [0.05, 0.1) is 11.3 Å². The lowest BCUT2D eigenvalue weighted by atomic mass is 9.52. The summed E-state index contributed by atoms with van der Waals surface area (Å²) in [6.45, 7) is 3.85. The van der Waals surface area contributed by atoms with E-state index in [4.69, 9.17) is 4.98 Å². The molecule has 36 heavy (non-hydrogen) atoms. The van der Waals surface area contributed by atoms with E-state index in [1.807, 2.05) is 12.4 Å². The molecular formula is C28H33N7O. The number of nitrogens with zero attached hydrogens (tertiary/aromatic N) is 5. The Hall–Kier alpha value is -3.26. The summed E-state index contributed by atoms with van der Waals surface area (Å²) in [5.74, 6) is 3.27. The fourth-order valence-electron chi connectivity index (χ4n) is 7.39. The summed E-state index contributed by atoms with van der Waals surface area (Å²) in [6.07, 6.45) is 11.7. The highest BCUT2D eigenvalue weighted by atomic mass is 16.3. The number of aryl methyl sites for hydroxylation is 1. The van der Waals surface area contributed by atoms with E-state index in [2.05, 4.69) is 61.7 Å². The number of hydrogen-bond acceptors (Lipinski definition) is 8. The average Bonchev–Trinajstić information content (AvgIpc) is 2.87. The summed E-state index contributed by atoms with van der Waals surface area (Å²) in [4.78, 5) is 20.3. The third-order valence-corrected chi connectivity index (χ3v) is 8.87. The third-order valence-electron chi connectivity index (χ3n) is 8.87. The van der Waals surface area contributed by atoms with Crippen LogP contribution in [0.3, 0.4) is 0 Å². The molecule has 8 rings (SSSR count). The van der Waals surface area contributed by atoms with Gasteiger partial charge in [-0.3, -0.25) is 0 Å². The average molecular weight is 484 g/mol. The first-order valence-electron chi connectivity index (χ1n) is 13.2. The Kier molecular flexibility index (Phi) is 5.13. The van der Waals surface area contributed by atoms with E-state index in [1.54, 1.807) is 6.33 Å². The van der Waals surface area contributed by atoms with E-state index < -0.39 is 5.60 Å². The van der Waals surface area contributed by atoms with Crippen LogP contribution in [-0.2, 0) is 13.0 Å². The van der Waals surface area contributed by atoms with Gasteiger partial charge in [0.1, 0.15) is 12.1 Å². The number of rotatable bonds is 5. The lowest BCUT2D eigenvalue weighted by Crippen LogP contribution is -2.59. The predicted molar refractivity (Wildman–Crippen MR) is 139 cm³/mol. The molecule has 2 aromatic heterocycles. The number of fused-ring (bicyclic) bond motifs is 1. The number of aliphatic hydroxyl groups is 1. The van der Waals surface area contributed by atoms with E-state index in [0.29, 0.717) is 29.7 Å². The number of hydrogen-bond donors (Lipinski definition) is 3. The molecule has 2 atom stereocenters. The van der Waals surface area contributed by atoms with Gasteiger partial charge in [-0.25, -0.2) is 15.0 Å². The van der Waals surface area contributed by atoms with Crippen LogP contribution < -0.4 is 15.5 Å². The molecule has 4 aliphatic carbocycles. The molecule has 0 spiro atoms. The minimum atomic E-state index is -0.417. The van der Waals surface area contributed by atoms with Crippen molar-refractivity contribution in [2.75, 3.05) is 22.1 Å². The summed E-state index contributed by atoms with van der Waals surface area (Å²) in [7, 11) is 0. The Morgan fingerprint density at radius 3 is 2.61 bits per heavy atom. The van der Waals surface area contributed by atoms with Crippen molar-refractivity contribution in [2.24, 2.45) is 17.8 Å². The Labute approximate surface area is 211 Å². The Morgan fingerprint density at radius 2 is 1.83 bits per heavy atom. The minimum Gasteiger partial charge on any atom is -0.390 e.